The van der Waals surface area contributed by atoms with E-state index in [-0.39, 0.29) is 0 Å². The molecule has 2 aromatic heterocycles. The highest BCUT2D eigenvalue weighted by atomic mass is 35.5. The van der Waals surface area contributed by atoms with Gasteiger partial charge in [0.05, 0.1) is 35.8 Å². The van der Waals surface area contributed by atoms with E-state index < -0.39 is 0 Å². The first-order valence-corrected chi connectivity index (χ1v) is 13.1. The highest BCUT2D eigenvalue weighted by Crippen LogP contribution is 2.35. The second-order valence-corrected chi connectivity index (χ2v) is 9.97. The van der Waals surface area contributed by atoms with Gasteiger partial charge in [0, 0.05) is 23.0 Å². The Balaban J connectivity index is 1.32. The average molecular weight is 500 g/mol. The second-order valence-electron chi connectivity index (χ2n) is 7.43. The van der Waals surface area contributed by atoms with Crippen molar-refractivity contribution in [3.05, 3.63) is 71.0 Å². The molecule has 0 spiro atoms. The van der Waals surface area contributed by atoms with Crippen molar-refractivity contribution in [2.75, 3.05) is 20.0 Å². The molecule has 0 saturated heterocycles. The molecule has 4 rings (SSSR count). The van der Waals surface area contributed by atoms with Crippen LogP contribution in [0.15, 0.2) is 64.8 Å². The molecule has 5 nitrogen and oxygen atoms in total. The molecule has 0 bridgehead atoms. The zero-order chi connectivity index (χ0) is 23.0. The Morgan fingerprint density at radius 2 is 1.82 bits per heavy atom. The lowest BCUT2D eigenvalue weighted by molar-refractivity contribution is 0.398. The number of unbranched alkanes of at least 4 members (excludes halogenated alkanes) is 1. The molecule has 4 aromatic rings. The largest absolute Gasteiger partial charge is 0.497 e. The maximum Gasteiger partial charge on any atom is 0.166 e. The fourth-order valence-corrected chi connectivity index (χ4v) is 5.48. The molecule has 8 heteroatoms. The average Bonchev–Trinajstić information content (AvgIpc) is 3.25. The van der Waals surface area contributed by atoms with Gasteiger partial charge in [-0.25, -0.2) is 4.98 Å². The molecule has 0 aliphatic carbocycles. The highest BCUT2D eigenvalue weighted by Gasteiger charge is 2.13. The van der Waals surface area contributed by atoms with E-state index in [9.17, 15) is 0 Å². The number of nitrogens with one attached hydrogen (secondary N) is 1. The van der Waals surface area contributed by atoms with E-state index in [0.29, 0.717) is 5.75 Å². The predicted molar refractivity (Wildman–Crippen MR) is 138 cm³/mol. The molecule has 0 fully saturated rings. The number of fused-ring (bicyclic) bond motifs is 1. The zero-order valence-electron chi connectivity index (χ0n) is 18.6. The number of thioether (sulfide) groups is 2. The van der Waals surface area contributed by atoms with E-state index >= 15 is 0 Å². The van der Waals surface area contributed by atoms with Crippen LogP contribution in [0.5, 0.6) is 11.5 Å². The van der Waals surface area contributed by atoms with E-state index in [1.54, 1.807) is 26.0 Å². The number of nitrogens with zero attached hydrogens (tertiary/aromatic N) is 2. The number of hydrogen-bond acceptors (Lipinski definition) is 6. The van der Waals surface area contributed by atoms with Crippen LogP contribution >= 0.6 is 35.1 Å². The third-order valence-electron chi connectivity index (χ3n) is 5.19. The molecular formula is C25H26ClN3O2S2. The molecule has 2 aromatic carbocycles. The van der Waals surface area contributed by atoms with Gasteiger partial charge >= 0.3 is 0 Å². The number of methoxy groups -OCH3 is 2. The van der Waals surface area contributed by atoms with E-state index in [0.717, 1.165) is 68.3 Å². The number of halogens is 1. The fourth-order valence-electron chi connectivity index (χ4n) is 3.47. The third kappa shape index (κ3) is 6.37. The van der Waals surface area contributed by atoms with Crippen molar-refractivity contribution in [2.24, 2.45) is 0 Å². The molecule has 1 N–H and O–H groups in total. The summed E-state index contributed by atoms with van der Waals surface area (Å²) in [5, 5.41) is 1.64. The number of ether oxygens (including phenoxy) is 2. The van der Waals surface area contributed by atoms with Gasteiger partial charge in [0.1, 0.15) is 5.75 Å². The summed E-state index contributed by atoms with van der Waals surface area (Å²) in [6.07, 6.45) is 5.20. The first-order valence-electron chi connectivity index (χ1n) is 10.7. The summed E-state index contributed by atoms with van der Waals surface area (Å²) in [5.74, 6) is 3.37. The van der Waals surface area contributed by atoms with Crippen LogP contribution in [-0.4, -0.2) is 34.9 Å². The Kier molecular flexibility index (Phi) is 8.42. The van der Waals surface area contributed by atoms with Gasteiger partial charge in [-0.2, -0.15) is 0 Å². The SMILES string of the molecule is COc1ccc2nc(SCc3nccc(SCCCCc4ccc(Cl)cc4)c3OC)[nH]c2c1. The quantitative estimate of drug-likeness (QED) is 0.176. The summed E-state index contributed by atoms with van der Waals surface area (Å²) >= 11 is 9.39. The fraction of sp³-hybridized carbons (Fsp3) is 0.280. The number of aromatic amines is 1. The van der Waals surface area contributed by atoms with Gasteiger partial charge < -0.3 is 14.5 Å². The summed E-state index contributed by atoms with van der Waals surface area (Å²) in [6.45, 7) is 0. The summed E-state index contributed by atoms with van der Waals surface area (Å²) in [6, 6.07) is 16.0. The van der Waals surface area contributed by atoms with Gasteiger partial charge in [0.15, 0.2) is 10.9 Å². The van der Waals surface area contributed by atoms with Crippen LogP contribution in [0.4, 0.5) is 0 Å². The lowest BCUT2D eigenvalue weighted by Crippen LogP contribution is -1.97. The minimum atomic E-state index is 0.672. The van der Waals surface area contributed by atoms with Crippen LogP contribution < -0.4 is 9.47 Å². The van der Waals surface area contributed by atoms with Gasteiger partial charge in [-0.3, -0.25) is 4.98 Å². The van der Waals surface area contributed by atoms with Crippen molar-refractivity contribution in [3.63, 3.8) is 0 Å². The van der Waals surface area contributed by atoms with E-state index in [1.165, 1.54) is 5.56 Å². The number of H-pyrrole nitrogens is 1. The Labute approximate surface area is 207 Å². The molecule has 0 amide bonds. The van der Waals surface area contributed by atoms with Gasteiger partial charge in [-0.15, -0.1) is 11.8 Å². The second kappa shape index (κ2) is 11.7. The number of rotatable bonds is 11. The van der Waals surface area contributed by atoms with Crippen LogP contribution in [0.3, 0.4) is 0 Å². The van der Waals surface area contributed by atoms with Gasteiger partial charge in [0.25, 0.3) is 0 Å². The van der Waals surface area contributed by atoms with Gasteiger partial charge in [-0.1, -0.05) is 35.5 Å². The Morgan fingerprint density at radius 3 is 2.61 bits per heavy atom. The Bertz CT molecular complexity index is 1200. The van der Waals surface area contributed by atoms with Crippen molar-refractivity contribution < 1.29 is 9.47 Å². The minimum absolute atomic E-state index is 0.672. The number of pyridine rings is 1. The van der Waals surface area contributed by atoms with E-state index in [1.807, 2.05) is 54.4 Å². The maximum atomic E-state index is 5.96. The van der Waals surface area contributed by atoms with Crippen LogP contribution in [0, 0.1) is 0 Å². The molecule has 0 saturated carbocycles. The van der Waals surface area contributed by atoms with Crippen LogP contribution in [0.1, 0.15) is 24.1 Å². The summed E-state index contributed by atoms with van der Waals surface area (Å²) in [5.41, 5.74) is 4.13. The topological polar surface area (TPSA) is 60.0 Å². The Hall–Kier alpha value is -2.35. The Morgan fingerprint density at radius 1 is 0.970 bits per heavy atom. The van der Waals surface area contributed by atoms with Crippen LogP contribution in [0.2, 0.25) is 5.02 Å². The maximum absolute atomic E-state index is 5.96. The molecule has 0 atom stereocenters. The zero-order valence-corrected chi connectivity index (χ0v) is 21.0. The molecule has 0 aliphatic heterocycles. The van der Waals surface area contributed by atoms with Crippen molar-refractivity contribution in [1.29, 1.82) is 0 Å². The minimum Gasteiger partial charge on any atom is -0.497 e. The summed E-state index contributed by atoms with van der Waals surface area (Å²) < 4.78 is 11.0. The molecule has 2 heterocycles. The summed E-state index contributed by atoms with van der Waals surface area (Å²) in [4.78, 5) is 13.7. The standard InChI is InChI=1S/C25H26ClN3O2S2/c1-30-19-10-11-20-21(15-19)29-25(28-20)33-16-22-24(31-2)23(12-13-27-22)32-14-4-3-5-17-6-8-18(26)9-7-17/h6-13,15H,3-5,14,16H2,1-2H3,(H,28,29). The molecule has 172 valence electrons. The normalized spacial score (nSPS) is 11.1. The summed E-state index contributed by atoms with van der Waals surface area (Å²) in [7, 11) is 3.37. The van der Waals surface area contributed by atoms with Crippen molar-refractivity contribution >= 4 is 46.2 Å². The lowest BCUT2D eigenvalue weighted by atomic mass is 10.1. The van der Waals surface area contributed by atoms with Crippen molar-refractivity contribution in [2.45, 2.75) is 35.1 Å². The van der Waals surface area contributed by atoms with Crippen molar-refractivity contribution in [3.8, 4) is 11.5 Å². The van der Waals surface area contributed by atoms with Crippen molar-refractivity contribution in [1.82, 2.24) is 15.0 Å². The molecule has 33 heavy (non-hydrogen) atoms. The first kappa shape index (κ1) is 23.8. The number of aryl methyl sites for hydroxylation is 1. The number of aromatic nitrogens is 3. The smallest absolute Gasteiger partial charge is 0.166 e. The third-order valence-corrected chi connectivity index (χ3v) is 7.45. The first-order chi connectivity index (χ1) is 16.2. The highest BCUT2D eigenvalue weighted by molar-refractivity contribution is 7.99. The monoisotopic (exact) mass is 499 g/mol. The van der Waals surface area contributed by atoms with Crippen LogP contribution in [-0.2, 0) is 12.2 Å². The number of imidazole rings is 1. The molecule has 0 radical (unpaired) electrons. The van der Waals surface area contributed by atoms with Gasteiger partial charge in [-0.05, 0) is 60.9 Å². The van der Waals surface area contributed by atoms with E-state index in [4.69, 9.17) is 21.1 Å². The predicted octanol–water partition coefficient (Wildman–Crippen LogP) is 7.04. The molecule has 0 unspecified atom stereocenters. The van der Waals surface area contributed by atoms with E-state index in [2.05, 4.69) is 27.1 Å². The number of benzene rings is 2. The lowest BCUT2D eigenvalue weighted by Gasteiger charge is -2.12. The molecular weight excluding hydrogens is 474 g/mol. The van der Waals surface area contributed by atoms with Gasteiger partial charge in [0.2, 0.25) is 0 Å². The number of hydrogen-bond donors (Lipinski definition) is 1. The van der Waals surface area contributed by atoms with Crippen LogP contribution in [0.25, 0.3) is 11.0 Å². The molecule has 0 aliphatic rings.